The Morgan fingerprint density at radius 3 is 2.09 bits per heavy atom. The first-order valence-corrected chi connectivity index (χ1v) is 3.82. The number of aliphatic hydroxyl groups excluding tert-OH is 4. The molecule has 1 fully saturated rings. The first-order valence-electron chi connectivity index (χ1n) is 3.03. The zero-order valence-corrected chi connectivity index (χ0v) is 7.10. The molecule has 0 radical (unpaired) electrons. The molecule has 0 aromatic carbocycles. The van der Waals surface area contributed by atoms with Gasteiger partial charge in [-0.1, -0.05) is 0 Å². The smallest absolute Gasteiger partial charge is 0.185 e. The van der Waals surface area contributed by atoms with Gasteiger partial charge in [-0.15, -0.1) is 0 Å². The maximum Gasteiger partial charge on any atom is 0.185 e. The van der Waals surface area contributed by atoms with E-state index < -0.39 is 29.6 Å². The van der Waals surface area contributed by atoms with Gasteiger partial charge in [0.05, 0.1) is 6.61 Å². The molecule has 66 valence electrons. The Labute approximate surface area is 71.4 Å². The molecule has 0 amide bonds. The number of alkyl halides is 1. The van der Waals surface area contributed by atoms with Gasteiger partial charge in [-0.2, -0.15) is 0 Å². The van der Waals surface area contributed by atoms with Crippen molar-refractivity contribution in [1.82, 2.24) is 0 Å². The Kier molecular flexibility index (Phi) is 2.53. The van der Waals surface area contributed by atoms with Crippen molar-refractivity contribution in [3.05, 3.63) is 0 Å². The Morgan fingerprint density at radius 1 is 1.36 bits per heavy atom. The second kappa shape index (κ2) is 2.96. The molecule has 1 heterocycles. The third-order valence-corrected chi connectivity index (χ3v) is 2.50. The summed E-state index contributed by atoms with van der Waals surface area (Å²) in [6.07, 6.45) is -4.18. The summed E-state index contributed by atoms with van der Waals surface area (Å²) in [5.41, 5.74) is 0. The molecule has 0 spiro atoms. The van der Waals surface area contributed by atoms with Crippen LogP contribution in [-0.2, 0) is 4.74 Å². The fourth-order valence-corrected chi connectivity index (χ4v) is 1.34. The normalized spacial score (nSPS) is 51.5. The number of halogens is 1. The molecule has 0 aromatic rings. The minimum Gasteiger partial charge on any atom is -0.392 e. The van der Waals surface area contributed by atoms with E-state index in [1.807, 2.05) is 0 Å². The highest BCUT2D eigenvalue weighted by atomic mass is 79.9. The molecule has 0 saturated carbocycles. The molecule has 0 unspecified atom stereocenters. The molecular formula is C5H9BrO5. The van der Waals surface area contributed by atoms with E-state index in [1.54, 1.807) is 0 Å². The van der Waals surface area contributed by atoms with Gasteiger partial charge < -0.3 is 25.2 Å². The van der Waals surface area contributed by atoms with Gasteiger partial charge in [-0.3, -0.25) is 0 Å². The van der Waals surface area contributed by atoms with E-state index in [0.29, 0.717) is 0 Å². The minimum atomic E-state index is -1.46. The maximum absolute atomic E-state index is 9.15. The molecule has 1 rings (SSSR count). The van der Waals surface area contributed by atoms with E-state index in [9.17, 15) is 0 Å². The third-order valence-electron chi connectivity index (χ3n) is 1.59. The summed E-state index contributed by atoms with van der Waals surface area (Å²) in [6, 6.07) is 0. The van der Waals surface area contributed by atoms with E-state index >= 15 is 0 Å². The summed E-state index contributed by atoms with van der Waals surface area (Å²) in [5.74, 6) is 0. The van der Waals surface area contributed by atoms with Gasteiger partial charge in [0.2, 0.25) is 0 Å². The molecular weight excluding hydrogens is 220 g/mol. The average molecular weight is 229 g/mol. The molecule has 4 atom stereocenters. The van der Waals surface area contributed by atoms with Crippen molar-refractivity contribution in [2.24, 2.45) is 0 Å². The number of ether oxygens (including phenoxy) is 1. The number of hydrogen-bond acceptors (Lipinski definition) is 5. The van der Waals surface area contributed by atoms with Crippen LogP contribution in [0.25, 0.3) is 0 Å². The van der Waals surface area contributed by atoms with Gasteiger partial charge in [-0.05, 0) is 15.9 Å². The SMILES string of the molecule is OC[C@@]1(Br)O[C@H](O)[C@@H](O)[C@H]1O. The lowest BCUT2D eigenvalue weighted by Crippen LogP contribution is -2.40. The predicted molar refractivity (Wildman–Crippen MR) is 37.8 cm³/mol. The summed E-state index contributed by atoms with van der Waals surface area (Å²) in [5, 5.41) is 35.7. The first-order chi connectivity index (χ1) is 5.01. The Hall–Kier alpha value is 0.280. The van der Waals surface area contributed by atoms with Gasteiger partial charge >= 0.3 is 0 Å². The van der Waals surface area contributed by atoms with Crippen LogP contribution in [-0.4, -0.2) is 50.0 Å². The molecule has 1 saturated heterocycles. The van der Waals surface area contributed by atoms with Crippen LogP contribution in [0.2, 0.25) is 0 Å². The highest BCUT2D eigenvalue weighted by Gasteiger charge is 2.52. The minimum absolute atomic E-state index is 0.526. The summed E-state index contributed by atoms with van der Waals surface area (Å²) in [6.45, 7) is -0.526. The maximum atomic E-state index is 9.15. The van der Waals surface area contributed by atoms with E-state index in [2.05, 4.69) is 20.7 Å². The van der Waals surface area contributed by atoms with E-state index in [4.69, 9.17) is 20.4 Å². The Morgan fingerprint density at radius 2 is 1.91 bits per heavy atom. The Bertz CT molecular complexity index is 154. The second-order valence-corrected chi connectivity index (χ2v) is 3.73. The fourth-order valence-electron chi connectivity index (χ4n) is 0.882. The largest absolute Gasteiger partial charge is 0.392 e. The summed E-state index contributed by atoms with van der Waals surface area (Å²) in [4.78, 5) is 0. The van der Waals surface area contributed by atoms with Crippen LogP contribution in [0, 0.1) is 0 Å². The highest BCUT2D eigenvalue weighted by molar-refractivity contribution is 9.10. The van der Waals surface area contributed by atoms with Crippen LogP contribution in [0.1, 0.15) is 0 Å². The molecule has 11 heavy (non-hydrogen) atoms. The van der Waals surface area contributed by atoms with Gasteiger partial charge in [-0.25, -0.2) is 0 Å². The third kappa shape index (κ3) is 1.42. The standard InChI is InChI=1S/C5H9BrO5/c6-5(1-7)3(9)2(8)4(10)11-5/h2-4,7-10H,1H2/t2-,3+,4-,5+/m0/s1. The van der Waals surface area contributed by atoms with E-state index in [-0.39, 0.29) is 0 Å². The quantitative estimate of drug-likeness (QED) is 0.396. The van der Waals surface area contributed by atoms with Crippen LogP contribution in [0.15, 0.2) is 0 Å². The summed E-state index contributed by atoms with van der Waals surface area (Å²) >= 11 is 2.85. The molecule has 0 aromatic heterocycles. The number of aliphatic hydroxyl groups is 4. The van der Waals surface area contributed by atoms with Crippen LogP contribution in [0.4, 0.5) is 0 Å². The average Bonchev–Trinajstić information content (AvgIpc) is 2.17. The van der Waals surface area contributed by atoms with Gasteiger partial charge in [0.25, 0.3) is 0 Å². The summed E-state index contributed by atoms with van der Waals surface area (Å²) in [7, 11) is 0. The van der Waals surface area contributed by atoms with Crippen molar-refractivity contribution in [2.45, 2.75) is 23.0 Å². The van der Waals surface area contributed by atoms with Crippen LogP contribution < -0.4 is 0 Å². The first kappa shape index (κ1) is 9.37. The van der Waals surface area contributed by atoms with Crippen LogP contribution >= 0.6 is 15.9 Å². The molecule has 5 nitrogen and oxygen atoms in total. The summed E-state index contributed by atoms with van der Waals surface area (Å²) < 4.78 is 3.21. The zero-order chi connectivity index (χ0) is 8.65. The predicted octanol–water partition coefficient (Wildman–Crippen LogP) is -1.86. The van der Waals surface area contributed by atoms with Crippen molar-refractivity contribution in [1.29, 1.82) is 0 Å². The molecule has 0 aliphatic carbocycles. The van der Waals surface area contributed by atoms with Crippen molar-refractivity contribution >= 4 is 15.9 Å². The molecule has 6 heteroatoms. The molecule has 0 bridgehead atoms. The van der Waals surface area contributed by atoms with E-state index in [1.165, 1.54) is 0 Å². The van der Waals surface area contributed by atoms with Gasteiger partial charge in [0.15, 0.2) is 10.8 Å². The van der Waals surface area contributed by atoms with Crippen molar-refractivity contribution < 1.29 is 25.2 Å². The van der Waals surface area contributed by atoms with Crippen molar-refractivity contribution in [3.8, 4) is 0 Å². The lowest BCUT2D eigenvalue weighted by molar-refractivity contribution is -0.140. The van der Waals surface area contributed by atoms with Gasteiger partial charge in [0, 0.05) is 0 Å². The molecule has 1 aliphatic heterocycles. The zero-order valence-electron chi connectivity index (χ0n) is 5.51. The Balaban J connectivity index is 2.73. The fraction of sp³-hybridized carbons (Fsp3) is 1.00. The monoisotopic (exact) mass is 228 g/mol. The van der Waals surface area contributed by atoms with Crippen LogP contribution in [0.3, 0.4) is 0 Å². The number of hydrogen-bond donors (Lipinski definition) is 4. The molecule has 1 aliphatic rings. The topological polar surface area (TPSA) is 90.2 Å². The van der Waals surface area contributed by atoms with Crippen molar-refractivity contribution in [2.75, 3.05) is 6.61 Å². The second-order valence-electron chi connectivity index (χ2n) is 2.39. The lowest BCUT2D eigenvalue weighted by atomic mass is 10.1. The number of rotatable bonds is 1. The van der Waals surface area contributed by atoms with E-state index in [0.717, 1.165) is 0 Å². The molecule has 4 N–H and O–H groups in total. The van der Waals surface area contributed by atoms with Crippen LogP contribution in [0.5, 0.6) is 0 Å². The highest BCUT2D eigenvalue weighted by Crippen LogP contribution is 2.34. The van der Waals surface area contributed by atoms with Crippen molar-refractivity contribution in [3.63, 3.8) is 0 Å². The van der Waals surface area contributed by atoms with Gasteiger partial charge in [0.1, 0.15) is 12.2 Å². The lowest BCUT2D eigenvalue weighted by Gasteiger charge is -2.21.